The van der Waals surface area contributed by atoms with Crippen LogP contribution in [0.1, 0.15) is 12.8 Å². The van der Waals surface area contributed by atoms with Crippen LogP contribution < -0.4 is 5.32 Å². The number of nitro groups is 1. The average Bonchev–Trinajstić information content (AvgIpc) is 2.91. The van der Waals surface area contributed by atoms with E-state index in [-0.39, 0.29) is 11.4 Å². The number of aryl methyl sites for hydroxylation is 1. The van der Waals surface area contributed by atoms with E-state index in [0.717, 1.165) is 31.5 Å². The molecule has 1 aromatic carbocycles. The van der Waals surface area contributed by atoms with E-state index in [1.807, 2.05) is 10.8 Å². The van der Waals surface area contributed by atoms with Crippen molar-refractivity contribution in [3.8, 4) is 0 Å². The van der Waals surface area contributed by atoms with Gasteiger partial charge in [-0.05, 0) is 18.9 Å². The third-order valence-corrected chi connectivity index (χ3v) is 2.87. The number of hydrogen-bond acceptors (Lipinski definition) is 4. The molecule has 1 aromatic heterocycles. The Morgan fingerprint density at radius 3 is 2.95 bits per heavy atom. The second kappa shape index (κ2) is 6.65. The highest BCUT2D eigenvalue weighted by Gasteiger charge is 2.13. The number of unbranched alkanes of at least 4 members (excludes halogenated alkanes) is 1. The fourth-order valence-electron chi connectivity index (χ4n) is 1.87. The molecule has 0 radical (unpaired) electrons. The molecule has 0 aliphatic rings. The van der Waals surface area contributed by atoms with Crippen LogP contribution in [0.2, 0.25) is 0 Å². The van der Waals surface area contributed by atoms with Crippen LogP contribution in [0, 0.1) is 15.9 Å². The van der Waals surface area contributed by atoms with Gasteiger partial charge in [-0.25, -0.2) is 9.37 Å². The molecule has 106 valence electrons. The van der Waals surface area contributed by atoms with Crippen LogP contribution >= 0.6 is 0 Å². The Morgan fingerprint density at radius 1 is 1.40 bits per heavy atom. The summed E-state index contributed by atoms with van der Waals surface area (Å²) in [5.74, 6) is -0.489. The Labute approximate surface area is 115 Å². The molecule has 0 bridgehead atoms. The lowest BCUT2D eigenvalue weighted by molar-refractivity contribution is -0.384. The quantitative estimate of drug-likeness (QED) is 0.480. The number of halogens is 1. The number of nitrogens with zero attached hydrogens (tertiary/aromatic N) is 3. The predicted molar refractivity (Wildman–Crippen MR) is 73.0 cm³/mol. The van der Waals surface area contributed by atoms with Crippen molar-refractivity contribution < 1.29 is 9.31 Å². The zero-order valence-corrected chi connectivity index (χ0v) is 10.8. The highest BCUT2D eigenvalue weighted by Crippen LogP contribution is 2.24. The van der Waals surface area contributed by atoms with Crippen molar-refractivity contribution >= 4 is 11.4 Å². The molecule has 0 aliphatic carbocycles. The Kier molecular flexibility index (Phi) is 4.65. The summed E-state index contributed by atoms with van der Waals surface area (Å²) >= 11 is 0. The maximum atomic E-state index is 13.1. The maximum absolute atomic E-state index is 13.1. The second-order valence-electron chi connectivity index (χ2n) is 4.35. The maximum Gasteiger partial charge on any atom is 0.292 e. The highest BCUT2D eigenvalue weighted by molar-refractivity contribution is 5.61. The zero-order valence-electron chi connectivity index (χ0n) is 10.8. The SMILES string of the molecule is O=[N+]([O-])c1ccc(F)cc1NCCCCn1ccnc1. The van der Waals surface area contributed by atoms with Crippen LogP contribution in [-0.2, 0) is 6.54 Å². The Balaban J connectivity index is 1.81. The molecule has 0 saturated heterocycles. The second-order valence-corrected chi connectivity index (χ2v) is 4.35. The third kappa shape index (κ3) is 3.78. The lowest BCUT2D eigenvalue weighted by atomic mass is 10.2. The van der Waals surface area contributed by atoms with E-state index in [0.29, 0.717) is 6.54 Å². The standard InChI is InChI=1S/C13H15FN4O2/c14-11-3-4-13(18(19)20)12(9-11)16-5-1-2-7-17-8-6-15-10-17/h3-4,6,8-10,16H,1-2,5,7H2. The number of hydrogen-bond donors (Lipinski definition) is 1. The molecular weight excluding hydrogens is 263 g/mol. The van der Waals surface area contributed by atoms with Crippen LogP contribution in [0.15, 0.2) is 36.9 Å². The first-order valence-electron chi connectivity index (χ1n) is 6.30. The van der Waals surface area contributed by atoms with Crippen LogP contribution in [0.5, 0.6) is 0 Å². The van der Waals surface area contributed by atoms with Crippen molar-refractivity contribution in [1.82, 2.24) is 9.55 Å². The van der Waals surface area contributed by atoms with Gasteiger partial charge in [0.1, 0.15) is 11.5 Å². The molecule has 7 heteroatoms. The number of rotatable bonds is 7. The Hall–Kier alpha value is -2.44. The molecule has 20 heavy (non-hydrogen) atoms. The summed E-state index contributed by atoms with van der Waals surface area (Å²) in [5.41, 5.74) is 0.110. The van der Waals surface area contributed by atoms with E-state index in [9.17, 15) is 14.5 Å². The number of benzene rings is 1. The molecule has 1 heterocycles. The van der Waals surface area contributed by atoms with E-state index in [2.05, 4.69) is 10.3 Å². The number of nitrogens with one attached hydrogen (secondary N) is 1. The van der Waals surface area contributed by atoms with Crippen molar-refractivity contribution in [3.63, 3.8) is 0 Å². The molecular formula is C13H15FN4O2. The van der Waals surface area contributed by atoms with Crippen molar-refractivity contribution in [3.05, 3.63) is 52.9 Å². The lowest BCUT2D eigenvalue weighted by Gasteiger charge is -2.07. The molecule has 0 saturated carbocycles. The molecule has 0 fully saturated rings. The van der Waals surface area contributed by atoms with Gasteiger partial charge in [0.05, 0.1) is 11.3 Å². The summed E-state index contributed by atoms with van der Waals surface area (Å²) in [5, 5.41) is 13.7. The van der Waals surface area contributed by atoms with Gasteiger partial charge in [0, 0.05) is 37.6 Å². The fraction of sp³-hybridized carbons (Fsp3) is 0.308. The molecule has 6 nitrogen and oxygen atoms in total. The zero-order chi connectivity index (χ0) is 14.4. The molecule has 1 N–H and O–H groups in total. The van der Waals surface area contributed by atoms with Gasteiger partial charge in [-0.1, -0.05) is 0 Å². The number of imidazole rings is 1. The summed E-state index contributed by atoms with van der Waals surface area (Å²) < 4.78 is 15.1. The van der Waals surface area contributed by atoms with Gasteiger partial charge < -0.3 is 9.88 Å². The number of nitro benzene ring substituents is 1. The molecule has 2 aromatic rings. The Morgan fingerprint density at radius 2 is 2.25 bits per heavy atom. The number of aromatic nitrogens is 2. The van der Waals surface area contributed by atoms with Gasteiger partial charge in [-0.2, -0.15) is 0 Å². The van der Waals surface area contributed by atoms with Crippen molar-refractivity contribution in [2.45, 2.75) is 19.4 Å². The first-order chi connectivity index (χ1) is 9.66. The van der Waals surface area contributed by atoms with Crippen LogP contribution in [0.25, 0.3) is 0 Å². The lowest BCUT2D eigenvalue weighted by Crippen LogP contribution is -2.06. The summed E-state index contributed by atoms with van der Waals surface area (Å²) in [6.07, 6.45) is 7.07. The predicted octanol–water partition coefficient (Wildman–Crippen LogP) is 2.82. The van der Waals surface area contributed by atoms with Crippen molar-refractivity contribution in [1.29, 1.82) is 0 Å². The van der Waals surface area contributed by atoms with Gasteiger partial charge in [-0.15, -0.1) is 0 Å². The minimum atomic E-state index is -0.521. The summed E-state index contributed by atoms with van der Waals surface area (Å²) in [4.78, 5) is 14.2. The fourth-order valence-corrected chi connectivity index (χ4v) is 1.87. The normalized spacial score (nSPS) is 10.4. The third-order valence-electron chi connectivity index (χ3n) is 2.87. The van der Waals surface area contributed by atoms with E-state index in [1.165, 1.54) is 6.07 Å². The molecule has 0 aliphatic heterocycles. The summed E-state index contributed by atoms with van der Waals surface area (Å²) in [7, 11) is 0. The molecule has 0 atom stereocenters. The van der Waals surface area contributed by atoms with Crippen molar-refractivity contribution in [2.24, 2.45) is 0 Å². The monoisotopic (exact) mass is 278 g/mol. The van der Waals surface area contributed by atoms with Crippen LogP contribution in [0.4, 0.5) is 15.8 Å². The minimum Gasteiger partial charge on any atom is -0.379 e. The van der Waals surface area contributed by atoms with Gasteiger partial charge in [-0.3, -0.25) is 10.1 Å². The summed E-state index contributed by atoms with van der Waals surface area (Å²) in [6, 6.07) is 3.40. The average molecular weight is 278 g/mol. The van der Waals surface area contributed by atoms with E-state index in [4.69, 9.17) is 0 Å². The van der Waals surface area contributed by atoms with Crippen LogP contribution in [-0.4, -0.2) is 21.0 Å². The van der Waals surface area contributed by atoms with E-state index >= 15 is 0 Å². The van der Waals surface area contributed by atoms with Gasteiger partial charge in [0.25, 0.3) is 5.69 Å². The molecule has 2 rings (SSSR count). The topological polar surface area (TPSA) is 73.0 Å². The van der Waals surface area contributed by atoms with Gasteiger partial charge in [0.2, 0.25) is 0 Å². The first kappa shape index (κ1) is 14.0. The van der Waals surface area contributed by atoms with Gasteiger partial charge >= 0.3 is 0 Å². The number of anilines is 1. The molecule has 0 amide bonds. The molecule has 0 unspecified atom stereocenters. The largest absolute Gasteiger partial charge is 0.379 e. The smallest absolute Gasteiger partial charge is 0.292 e. The minimum absolute atomic E-state index is 0.110. The van der Waals surface area contributed by atoms with Crippen molar-refractivity contribution in [2.75, 3.05) is 11.9 Å². The van der Waals surface area contributed by atoms with E-state index < -0.39 is 10.7 Å². The van der Waals surface area contributed by atoms with E-state index in [1.54, 1.807) is 12.5 Å². The van der Waals surface area contributed by atoms with Crippen LogP contribution in [0.3, 0.4) is 0 Å². The Bertz CT molecular complexity index is 572. The van der Waals surface area contributed by atoms with Gasteiger partial charge in [0.15, 0.2) is 0 Å². The first-order valence-corrected chi connectivity index (χ1v) is 6.30. The molecule has 0 spiro atoms. The highest BCUT2D eigenvalue weighted by atomic mass is 19.1. The summed E-state index contributed by atoms with van der Waals surface area (Å²) in [6.45, 7) is 1.39.